The summed E-state index contributed by atoms with van der Waals surface area (Å²) in [5.74, 6) is -1.38. The fourth-order valence-corrected chi connectivity index (χ4v) is 3.64. The quantitative estimate of drug-likeness (QED) is 0.226. The van der Waals surface area contributed by atoms with E-state index in [1.54, 1.807) is 25.7 Å². The van der Waals surface area contributed by atoms with E-state index in [2.05, 4.69) is 13.8 Å². The number of rotatable bonds is 19. The number of amides is 2. The van der Waals surface area contributed by atoms with E-state index < -0.39 is 24.2 Å². The number of carbonyl (C=O) groups is 3. The van der Waals surface area contributed by atoms with Crippen molar-refractivity contribution in [3.63, 3.8) is 0 Å². The molecule has 0 aliphatic carbocycles. The zero-order valence-electron chi connectivity index (χ0n) is 22.0. The molecular formula is C26H50N2O5. The second-order valence-corrected chi connectivity index (χ2v) is 10.0. The van der Waals surface area contributed by atoms with E-state index in [1.807, 2.05) is 0 Å². The summed E-state index contributed by atoms with van der Waals surface area (Å²) in [5.41, 5.74) is -0.756. The molecule has 0 saturated heterocycles. The van der Waals surface area contributed by atoms with Crippen molar-refractivity contribution in [2.24, 2.45) is 0 Å². The Bertz CT molecular complexity index is 545. The Morgan fingerprint density at radius 2 is 1.09 bits per heavy atom. The van der Waals surface area contributed by atoms with E-state index in [1.165, 1.54) is 51.4 Å². The number of hydrogen-bond acceptors (Lipinski definition) is 4. The molecule has 0 aliphatic rings. The van der Waals surface area contributed by atoms with Gasteiger partial charge in [-0.3, -0.25) is 14.5 Å². The predicted octanol–water partition coefficient (Wildman–Crippen LogP) is 6.25. The van der Waals surface area contributed by atoms with E-state index in [0.717, 1.165) is 37.0 Å². The smallest absolute Gasteiger partial charge is 0.411 e. The lowest BCUT2D eigenvalue weighted by atomic mass is 10.1. The number of aliphatic carboxylic acids is 1. The summed E-state index contributed by atoms with van der Waals surface area (Å²) < 4.78 is 5.30. The number of carboxylic acids is 1. The van der Waals surface area contributed by atoms with Crippen molar-refractivity contribution in [1.29, 1.82) is 0 Å². The van der Waals surface area contributed by atoms with Gasteiger partial charge in [0.1, 0.15) is 18.7 Å². The number of carbonyl (C=O) groups excluding carboxylic acids is 2. The average molecular weight is 471 g/mol. The van der Waals surface area contributed by atoms with Gasteiger partial charge in [0.15, 0.2) is 0 Å². The highest BCUT2D eigenvalue weighted by atomic mass is 16.6. The molecule has 0 aromatic carbocycles. The lowest BCUT2D eigenvalue weighted by molar-refractivity contribution is -0.139. The molecule has 7 heteroatoms. The monoisotopic (exact) mass is 470 g/mol. The molecule has 2 amide bonds. The van der Waals surface area contributed by atoms with Crippen molar-refractivity contribution >= 4 is 18.0 Å². The first-order valence-electron chi connectivity index (χ1n) is 13.1. The van der Waals surface area contributed by atoms with Crippen molar-refractivity contribution in [3.8, 4) is 0 Å². The SMILES string of the molecule is CCCCCCCCCCCCN(CCCCC)C(=O)CN(CC(=O)O)C(=O)OC(C)(C)C. The Hall–Kier alpha value is -1.79. The molecular weight excluding hydrogens is 420 g/mol. The van der Waals surface area contributed by atoms with Crippen LogP contribution in [0, 0.1) is 0 Å². The molecule has 7 nitrogen and oxygen atoms in total. The van der Waals surface area contributed by atoms with Gasteiger partial charge in [-0.25, -0.2) is 4.79 Å². The lowest BCUT2D eigenvalue weighted by Gasteiger charge is -2.29. The van der Waals surface area contributed by atoms with Gasteiger partial charge in [0.25, 0.3) is 0 Å². The zero-order chi connectivity index (χ0) is 25.1. The molecule has 0 unspecified atom stereocenters. The van der Waals surface area contributed by atoms with Crippen molar-refractivity contribution in [1.82, 2.24) is 9.80 Å². The van der Waals surface area contributed by atoms with Crippen LogP contribution in [0.15, 0.2) is 0 Å². The summed E-state index contributed by atoms with van der Waals surface area (Å²) in [6.45, 7) is 9.96. The van der Waals surface area contributed by atoms with Crippen LogP contribution >= 0.6 is 0 Å². The maximum Gasteiger partial charge on any atom is 0.411 e. The van der Waals surface area contributed by atoms with Crippen LogP contribution in [-0.4, -0.2) is 64.7 Å². The standard InChI is InChI=1S/C26H50N2O5/c1-6-8-10-11-12-13-14-15-16-18-20-27(19-17-9-7-2)23(29)21-28(22-24(30)31)25(32)33-26(3,4)5/h6-22H2,1-5H3,(H,30,31). The van der Waals surface area contributed by atoms with Gasteiger partial charge in [-0.2, -0.15) is 0 Å². The minimum Gasteiger partial charge on any atom is -0.480 e. The highest BCUT2D eigenvalue weighted by molar-refractivity contribution is 5.84. The molecule has 1 N–H and O–H groups in total. The van der Waals surface area contributed by atoms with Gasteiger partial charge < -0.3 is 14.7 Å². The van der Waals surface area contributed by atoms with Crippen molar-refractivity contribution in [3.05, 3.63) is 0 Å². The molecule has 0 aliphatic heterocycles. The Kier molecular flexibility index (Phi) is 17.6. The van der Waals surface area contributed by atoms with Crippen LogP contribution < -0.4 is 0 Å². The zero-order valence-corrected chi connectivity index (χ0v) is 22.0. The van der Waals surface area contributed by atoms with Gasteiger partial charge in [-0.15, -0.1) is 0 Å². The maximum absolute atomic E-state index is 13.0. The number of nitrogens with zero attached hydrogens (tertiary/aromatic N) is 2. The molecule has 0 radical (unpaired) electrons. The van der Waals surface area contributed by atoms with E-state index in [-0.39, 0.29) is 12.5 Å². The van der Waals surface area contributed by atoms with Crippen LogP contribution in [0.25, 0.3) is 0 Å². The van der Waals surface area contributed by atoms with Crippen LogP contribution in [0.3, 0.4) is 0 Å². The molecule has 0 saturated carbocycles. The maximum atomic E-state index is 13.0. The highest BCUT2D eigenvalue weighted by Gasteiger charge is 2.27. The van der Waals surface area contributed by atoms with E-state index in [0.29, 0.717) is 13.1 Å². The molecule has 0 heterocycles. The van der Waals surface area contributed by atoms with Gasteiger partial charge in [-0.05, 0) is 33.6 Å². The number of unbranched alkanes of at least 4 members (excludes halogenated alkanes) is 11. The van der Waals surface area contributed by atoms with Gasteiger partial charge >= 0.3 is 12.1 Å². The van der Waals surface area contributed by atoms with Gasteiger partial charge in [0.2, 0.25) is 5.91 Å². The largest absolute Gasteiger partial charge is 0.480 e. The molecule has 0 bridgehead atoms. The normalized spacial score (nSPS) is 11.3. The molecule has 0 atom stereocenters. The Labute approximate surface area is 202 Å². The van der Waals surface area contributed by atoms with Crippen molar-refractivity contribution in [2.75, 3.05) is 26.2 Å². The Morgan fingerprint density at radius 3 is 1.55 bits per heavy atom. The fraction of sp³-hybridized carbons (Fsp3) is 0.885. The van der Waals surface area contributed by atoms with E-state index in [9.17, 15) is 19.5 Å². The number of hydrogen-bond donors (Lipinski definition) is 1. The fourth-order valence-electron chi connectivity index (χ4n) is 3.64. The molecule has 33 heavy (non-hydrogen) atoms. The summed E-state index contributed by atoms with van der Waals surface area (Å²) in [5, 5.41) is 9.19. The topological polar surface area (TPSA) is 87.2 Å². The van der Waals surface area contributed by atoms with Crippen LogP contribution in [0.4, 0.5) is 4.79 Å². The lowest BCUT2D eigenvalue weighted by Crippen LogP contribution is -2.47. The van der Waals surface area contributed by atoms with Crippen molar-refractivity contribution < 1.29 is 24.2 Å². The first-order valence-corrected chi connectivity index (χ1v) is 13.1. The minimum atomic E-state index is -1.17. The van der Waals surface area contributed by atoms with Gasteiger partial charge in [0.05, 0.1) is 0 Å². The molecule has 0 spiro atoms. The number of carboxylic acid groups (broad SMARTS) is 1. The van der Waals surface area contributed by atoms with Gasteiger partial charge in [-0.1, -0.05) is 84.5 Å². The second-order valence-electron chi connectivity index (χ2n) is 10.0. The van der Waals surface area contributed by atoms with Crippen molar-refractivity contribution in [2.45, 2.75) is 124 Å². The summed E-state index contributed by atoms with van der Waals surface area (Å²) in [7, 11) is 0. The second kappa shape index (κ2) is 18.6. The highest BCUT2D eigenvalue weighted by Crippen LogP contribution is 2.13. The Morgan fingerprint density at radius 1 is 0.667 bits per heavy atom. The minimum absolute atomic E-state index is 0.214. The molecule has 0 aromatic heterocycles. The Balaban J connectivity index is 4.64. The first-order chi connectivity index (χ1) is 15.6. The average Bonchev–Trinajstić information content (AvgIpc) is 2.71. The molecule has 0 aromatic rings. The van der Waals surface area contributed by atoms with Crippen LogP contribution in [0.5, 0.6) is 0 Å². The third-order valence-corrected chi connectivity index (χ3v) is 5.47. The molecule has 194 valence electrons. The summed E-state index contributed by atoms with van der Waals surface area (Å²) in [4.78, 5) is 39.4. The van der Waals surface area contributed by atoms with E-state index >= 15 is 0 Å². The van der Waals surface area contributed by atoms with Crippen LogP contribution in [0.2, 0.25) is 0 Å². The van der Waals surface area contributed by atoms with E-state index in [4.69, 9.17) is 4.74 Å². The van der Waals surface area contributed by atoms with Gasteiger partial charge in [0, 0.05) is 13.1 Å². The summed E-state index contributed by atoms with van der Waals surface area (Å²) in [6, 6.07) is 0. The predicted molar refractivity (Wildman–Crippen MR) is 133 cm³/mol. The number of ether oxygens (including phenoxy) is 1. The first kappa shape index (κ1) is 31.2. The summed E-state index contributed by atoms with van der Waals surface area (Å²) >= 11 is 0. The third kappa shape index (κ3) is 18.3. The van der Waals surface area contributed by atoms with Crippen LogP contribution in [0.1, 0.15) is 118 Å². The summed E-state index contributed by atoms with van der Waals surface area (Å²) in [6.07, 6.45) is 14.5. The molecule has 0 rings (SSSR count). The van der Waals surface area contributed by atoms with Crippen LogP contribution in [-0.2, 0) is 14.3 Å². The molecule has 0 fully saturated rings. The third-order valence-electron chi connectivity index (χ3n) is 5.47.